The highest BCUT2D eigenvalue weighted by Crippen LogP contribution is 2.29. The fourth-order valence-electron chi connectivity index (χ4n) is 2.07. The Balaban J connectivity index is 2.63. The summed E-state index contributed by atoms with van der Waals surface area (Å²) in [5.41, 5.74) is 2.16. The van der Waals surface area contributed by atoms with Gasteiger partial charge in [-0.05, 0) is 23.3 Å². The van der Waals surface area contributed by atoms with Crippen LogP contribution in [0.1, 0.15) is 18.4 Å². The maximum Gasteiger partial charge on any atom is 0.0537 e. The molecule has 0 bridgehead atoms. The zero-order valence-electron chi connectivity index (χ0n) is 9.48. The van der Waals surface area contributed by atoms with Crippen molar-refractivity contribution in [2.24, 2.45) is 0 Å². The number of fused-ring (bicyclic) bond motifs is 1. The number of aliphatic hydroxyl groups is 1. The van der Waals surface area contributed by atoms with Crippen molar-refractivity contribution in [2.75, 3.05) is 6.61 Å². The zero-order valence-corrected chi connectivity index (χ0v) is 9.48. The SMILES string of the molecule is C=C(C)C(CO)c1cccc2ccccc12. The lowest BCUT2D eigenvalue weighted by Gasteiger charge is -2.16. The predicted molar refractivity (Wildman–Crippen MR) is 68.6 cm³/mol. The molecule has 1 atom stereocenters. The molecule has 0 spiro atoms. The van der Waals surface area contributed by atoms with E-state index in [-0.39, 0.29) is 12.5 Å². The van der Waals surface area contributed by atoms with Crippen LogP contribution in [0.25, 0.3) is 10.8 Å². The molecule has 0 heterocycles. The molecule has 16 heavy (non-hydrogen) atoms. The lowest BCUT2D eigenvalue weighted by Crippen LogP contribution is -2.05. The standard InChI is InChI=1S/C15H16O/c1-11(2)15(10-16)14-9-5-7-12-6-3-4-8-13(12)14/h3-9,15-16H,1,10H2,2H3. The minimum Gasteiger partial charge on any atom is -0.395 e. The third-order valence-electron chi connectivity index (χ3n) is 2.98. The Kier molecular flexibility index (Phi) is 3.07. The van der Waals surface area contributed by atoms with Crippen LogP contribution in [0.4, 0.5) is 0 Å². The first-order valence-corrected chi connectivity index (χ1v) is 5.48. The second-order valence-corrected chi connectivity index (χ2v) is 4.15. The van der Waals surface area contributed by atoms with E-state index in [2.05, 4.69) is 30.8 Å². The summed E-state index contributed by atoms with van der Waals surface area (Å²) >= 11 is 0. The van der Waals surface area contributed by atoms with Crippen LogP contribution < -0.4 is 0 Å². The second-order valence-electron chi connectivity index (χ2n) is 4.15. The van der Waals surface area contributed by atoms with Crippen LogP contribution in [-0.4, -0.2) is 11.7 Å². The molecule has 82 valence electrons. The average Bonchev–Trinajstić information content (AvgIpc) is 2.30. The summed E-state index contributed by atoms with van der Waals surface area (Å²) in [5.74, 6) is 0.0334. The molecule has 0 amide bonds. The van der Waals surface area contributed by atoms with Crippen LogP contribution in [0.3, 0.4) is 0 Å². The number of aliphatic hydroxyl groups excluding tert-OH is 1. The van der Waals surface area contributed by atoms with Gasteiger partial charge >= 0.3 is 0 Å². The summed E-state index contributed by atoms with van der Waals surface area (Å²) in [4.78, 5) is 0. The molecular formula is C15H16O. The van der Waals surface area contributed by atoms with E-state index in [1.165, 1.54) is 10.8 Å². The van der Waals surface area contributed by atoms with Gasteiger partial charge in [0.05, 0.1) is 6.61 Å². The third kappa shape index (κ3) is 1.86. The monoisotopic (exact) mass is 212 g/mol. The molecule has 0 aliphatic heterocycles. The summed E-state index contributed by atoms with van der Waals surface area (Å²) in [7, 11) is 0. The van der Waals surface area contributed by atoms with Gasteiger partial charge in [-0.1, -0.05) is 54.6 Å². The molecule has 0 radical (unpaired) electrons. The van der Waals surface area contributed by atoms with Crippen molar-refractivity contribution >= 4 is 10.8 Å². The molecule has 0 aliphatic rings. The summed E-state index contributed by atoms with van der Waals surface area (Å²) in [6.45, 7) is 6.02. The van der Waals surface area contributed by atoms with Gasteiger partial charge in [0, 0.05) is 5.92 Å². The Morgan fingerprint density at radius 1 is 1.19 bits per heavy atom. The van der Waals surface area contributed by atoms with Crippen molar-refractivity contribution in [3.63, 3.8) is 0 Å². The molecular weight excluding hydrogens is 196 g/mol. The Hall–Kier alpha value is -1.60. The maximum absolute atomic E-state index is 9.45. The molecule has 2 aromatic carbocycles. The van der Waals surface area contributed by atoms with Crippen molar-refractivity contribution < 1.29 is 5.11 Å². The highest BCUT2D eigenvalue weighted by atomic mass is 16.3. The van der Waals surface area contributed by atoms with E-state index in [1.54, 1.807) is 0 Å². The normalized spacial score (nSPS) is 12.6. The number of rotatable bonds is 3. The van der Waals surface area contributed by atoms with Crippen molar-refractivity contribution in [2.45, 2.75) is 12.8 Å². The van der Waals surface area contributed by atoms with E-state index in [4.69, 9.17) is 0 Å². The highest BCUT2D eigenvalue weighted by molar-refractivity contribution is 5.86. The van der Waals surface area contributed by atoms with Crippen LogP contribution in [0.15, 0.2) is 54.6 Å². The summed E-state index contributed by atoms with van der Waals surface area (Å²) in [6, 6.07) is 14.4. The quantitative estimate of drug-likeness (QED) is 0.772. The molecule has 0 fully saturated rings. The first-order chi connectivity index (χ1) is 7.74. The molecule has 0 saturated heterocycles. The molecule has 0 aromatic heterocycles. The molecule has 1 N–H and O–H groups in total. The fraction of sp³-hybridized carbons (Fsp3) is 0.200. The van der Waals surface area contributed by atoms with Crippen LogP contribution in [0, 0.1) is 0 Å². The number of hydrogen-bond donors (Lipinski definition) is 1. The van der Waals surface area contributed by atoms with Gasteiger partial charge in [0.1, 0.15) is 0 Å². The van der Waals surface area contributed by atoms with Gasteiger partial charge in [0.2, 0.25) is 0 Å². The summed E-state index contributed by atoms with van der Waals surface area (Å²) in [5, 5.41) is 11.9. The Labute approximate surface area is 96.0 Å². The number of hydrogen-bond acceptors (Lipinski definition) is 1. The topological polar surface area (TPSA) is 20.2 Å². The van der Waals surface area contributed by atoms with Crippen LogP contribution in [-0.2, 0) is 0 Å². The number of benzene rings is 2. The van der Waals surface area contributed by atoms with Gasteiger partial charge < -0.3 is 5.11 Å². The van der Waals surface area contributed by atoms with Gasteiger partial charge in [-0.25, -0.2) is 0 Å². The Morgan fingerprint density at radius 2 is 1.88 bits per heavy atom. The Bertz CT molecular complexity index is 508. The molecule has 2 aromatic rings. The first-order valence-electron chi connectivity index (χ1n) is 5.48. The molecule has 1 unspecified atom stereocenters. The first kappa shape index (κ1) is 10.9. The third-order valence-corrected chi connectivity index (χ3v) is 2.98. The maximum atomic E-state index is 9.45. The largest absolute Gasteiger partial charge is 0.395 e. The van der Waals surface area contributed by atoms with E-state index in [9.17, 15) is 5.11 Å². The smallest absolute Gasteiger partial charge is 0.0537 e. The fourth-order valence-corrected chi connectivity index (χ4v) is 2.07. The van der Waals surface area contributed by atoms with E-state index < -0.39 is 0 Å². The van der Waals surface area contributed by atoms with Gasteiger partial charge in [0.25, 0.3) is 0 Å². The summed E-state index contributed by atoms with van der Waals surface area (Å²) in [6.07, 6.45) is 0. The van der Waals surface area contributed by atoms with Gasteiger partial charge in [-0.15, -0.1) is 0 Å². The zero-order chi connectivity index (χ0) is 11.5. The van der Waals surface area contributed by atoms with Crippen LogP contribution in [0.2, 0.25) is 0 Å². The van der Waals surface area contributed by atoms with Crippen molar-refractivity contribution in [3.8, 4) is 0 Å². The molecule has 0 aliphatic carbocycles. The van der Waals surface area contributed by atoms with E-state index >= 15 is 0 Å². The average molecular weight is 212 g/mol. The van der Waals surface area contributed by atoms with Crippen LogP contribution in [0.5, 0.6) is 0 Å². The predicted octanol–water partition coefficient (Wildman–Crippen LogP) is 3.49. The van der Waals surface area contributed by atoms with Crippen molar-refractivity contribution in [3.05, 3.63) is 60.2 Å². The van der Waals surface area contributed by atoms with Gasteiger partial charge in [-0.3, -0.25) is 0 Å². The summed E-state index contributed by atoms with van der Waals surface area (Å²) < 4.78 is 0. The molecule has 0 saturated carbocycles. The lowest BCUT2D eigenvalue weighted by atomic mass is 9.90. The molecule has 1 nitrogen and oxygen atoms in total. The minimum absolute atomic E-state index is 0.0334. The van der Waals surface area contributed by atoms with Crippen molar-refractivity contribution in [1.29, 1.82) is 0 Å². The minimum atomic E-state index is 0.0334. The molecule has 1 heteroatoms. The van der Waals surface area contributed by atoms with Crippen molar-refractivity contribution in [1.82, 2.24) is 0 Å². The second kappa shape index (κ2) is 4.50. The highest BCUT2D eigenvalue weighted by Gasteiger charge is 2.13. The van der Waals surface area contributed by atoms with Gasteiger partial charge in [-0.2, -0.15) is 0 Å². The van der Waals surface area contributed by atoms with E-state index in [0.717, 1.165) is 11.1 Å². The van der Waals surface area contributed by atoms with Gasteiger partial charge in [0.15, 0.2) is 0 Å². The van der Waals surface area contributed by atoms with E-state index in [0.29, 0.717) is 0 Å². The lowest BCUT2D eigenvalue weighted by molar-refractivity contribution is 0.280. The van der Waals surface area contributed by atoms with Crippen LogP contribution >= 0.6 is 0 Å². The molecule has 2 rings (SSSR count). The Morgan fingerprint density at radius 3 is 2.56 bits per heavy atom. The van der Waals surface area contributed by atoms with E-state index in [1.807, 2.05) is 25.1 Å².